The van der Waals surface area contributed by atoms with Crippen LogP contribution in [0.2, 0.25) is 13.1 Å². The third-order valence-corrected chi connectivity index (χ3v) is 9.06. The van der Waals surface area contributed by atoms with Crippen molar-refractivity contribution in [1.29, 1.82) is 0 Å². The van der Waals surface area contributed by atoms with Crippen LogP contribution in [0.4, 0.5) is 0 Å². The second-order valence-electron chi connectivity index (χ2n) is 7.56. The highest BCUT2D eigenvalue weighted by molar-refractivity contribution is 6.92. The molecule has 2 nitrogen and oxygen atoms in total. The van der Waals surface area contributed by atoms with Gasteiger partial charge in [-0.1, -0.05) is 13.1 Å². The monoisotopic (exact) mass is 324 g/mol. The smallest absolute Gasteiger partial charge is 0.127 e. The van der Waals surface area contributed by atoms with Crippen LogP contribution in [-0.4, -0.2) is 20.3 Å². The quantitative estimate of drug-likeness (QED) is 0.673. The highest BCUT2D eigenvalue weighted by Gasteiger charge is 2.44. The minimum Gasteiger partial charge on any atom is -0.486 e. The summed E-state index contributed by atoms with van der Waals surface area (Å²) in [6.45, 7) is 13.6. The van der Waals surface area contributed by atoms with Crippen LogP contribution in [0.15, 0.2) is 68.5 Å². The Kier molecular flexibility index (Phi) is 2.99. The van der Waals surface area contributed by atoms with Crippen LogP contribution in [0.25, 0.3) is 0 Å². The summed E-state index contributed by atoms with van der Waals surface area (Å²) in [4.78, 5) is 0. The first-order chi connectivity index (χ1) is 10.8. The minimum atomic E-state index is -1.84. The molecule has 2 aliphatic heterocycles. The van der Waals surface area contributed by atoms with Gasteiger partial charge < -0.3 is 9.47 Å². The Bertz CT molecular complexity index is 733. The Morgan fingerprint density at radius 2 is 1.17 bits per heavy atom. The Morgan fingerprint density at radius 1 is 0.783 bits per heavy atom. The van der Waals surface area contributed by atoms with Crippen LogP contribution in [0, 0.1) is 0 Å². The van der Waals surface area contributed by atoms with Gasteiger partial charge in [0.2, 0.25) is 0 Å². The Hall–Kier alpha value is -1.74. The fourth-order valence-corrected chi connectivity index (χ4v) is 8.74. The fourth-order valence-electron chi connectivity index (χ4n) is 4.61. The number of rotatable bonds is 2. The van der Waals surface area contributed by atoms with E-state index in [-0.39, 0.29) is 12.2 Å². The topological polar surface area (TPSA) is 18.5 Å². The van der Waals surface area contributed by atoms with Gasteiger partial charge in [0.1, 0.15) is 31.8 Å². The molecule has 2 atom stereocenters. The molecule has 4 aliphatic rings. The Balaban J connectivity index is 1.81. The predicted molar refractivity (Wildman–Crippen MR) is 96.3 cm³/mol. The summed E-state index contributed by atoms with van der Waals surface area (Å²) < 4.78 is 11.9. The molecule has 3 heteroatoms. The maximum absolute atomic E-state index is 5.95. The maximum atomic E-state index is 5.95. The van der Waals surface area contributed by atoms with E-state index >= 15 is 0 Å². The molecular formula is C20H24O2Si. The van der Waals surface area contributed by atoms with E-state index in [1.807, 2.05) is 0 Å². The van der Waals surface area contributed by atoms with Crippen LogP contribution in [0.5, 0.6) is 0 Å². The van der Waals surface area contributed by atoms with E-state index in [9.17, 15) is 0 Å². The van der Waals surface area contributed by atoms with Crippen molar-refractivity contribution < 1.29 is 9.47 Å². The lowest BCUT2D eigenvalue weighted by atomic mass is 10.2. The van der Waals surface area contributed by atoms with Gasteiger partial charge in [-0.05, 0) is 73.5 Å². The van der Waals surface area contributed by atoms with Crippen molar-refractivity contribution in [1.82, 2.24) is 0 Å². The third kappa shape index (κ3) is 1.99. The van der Waals surface area contributed by atoms with Crippen molar-refractivity contribution in [2.45, 2.75) is 53.0 Å². The van der Waals surface area contributed by atoms with Gasteiger partial charge >= 0.3 is 0 Å². The molecule has 0 aromatic heterocycles. The van der Waals surface area contributed by atoms with Crippen molar-refractivity contribution in [2.24, 2.45) is 0 Å². The molecule has 0 spiro atoms. The first-order valence-corrected chi connectivity index (χ1v) is 11.4. The maximum Gasteiger partial charge on any atom is 0.127 e. The fraction of sp³-hybridized carbons (Fsp3) is 0.400. The van der Waals surface area contributed by atoms with Gasteiger partial charge in [0, 0.05) is 11.1 Å². The normalized spacial score (nSPS) is 29.0. The average molecular weight is 324 g/mol. The molecule has 0 N–H and O–H groups in total. The summed E-state index contributed by atoms with van der Waals surface area (Å²) >= 11 is 0. The molecule has 0 fully saturated rings. The van der Waals surface area contributed by atoms with Crippen molar-refractivity contribution in [3.8, 4) is 0 Å². The second-order valence-corrected chi connectivity index (χ2v) is 11.8. The molecule has 0 bridgehead atoms. The molecular weight excluding hydrogens is 300 g/mol. The van der Waals surface area contributed by atoms with Crippen molar-refractivity contribution in [3.05, 3.63) is 68.5 Å². The zero-order chi connectivity index (χ0) is 16.5. The molecule has 2 aliphatic carbocycles. The van der Waals surface area contributed by atoms with Gasteiger partial charge in [-0.2, -0.15) is 0 Å². The molecule has 120 valence electrons. The summed E-state index contributed by atoms with van der Waals surface area (Å²) in [5.74, 6) is 2.14. The van der Waals surface area contributed by atoms with Gasteiger partial charge in [0.25, 0.3) is 0 Å². The van der Waals surface area contributed by atoms with Crippen molar-refractivity contribution >= 4 is 8.07 Å². The molecule has 0 aromatic carbocycles. The highest BCUT2D eigenvalue weighted by Crippen LogP contribution is 2.49. The predicted octanol–water partition coefficient (Wildman–Crippen LogP) is 4.89. The van der Waals surface area contributed by atoms with Crippen LogP contribution in [-0.2, 0) is 9.47 Å². The molecule has 4 rings (SSSR count). The second kappa shape index (κ2) is 4.64. The van der Waals surface area contributed by atoms with E-state index in [2.05, 4.69) is 65.1 Å². The first kappa shape index (κ1) is 14.8. The van der Waals surface area contributed by atoms with E-state index in [4.69, 9.17) is 9.47 Å². The molecule has 2 unspecified atom stereocenters. The lowest BCUT2D eigenvalue weighted by Gasteiger charge is -2.30. The Labute approximate surface area is 139 Å². The highest BCUT2D eigenvalue weighted by atomic mass is 28.3. The van der Waals surface area contributed by atoms with E-state index < -0.39 is 8.07 Å². The van der Waals surface area contributed by atoms with Crippen LogP contribution in [0.3, 0.4) is 0 Å². The first-order valence-electron chi connectivity index (χ1n) is 8.43. The molecule has 2 heterocycles. The molecule has 0 aromatic rings. The summed E-state index contributed by atoms with van der Waals surface area (Å²) in [7, 11) is -1.84. The number of fused-ring (bicyclic) bond motifs is 2. The zero-order valence-electron chi connectivity index (χ0n) is 14.8. The van der Waals surface area contributed by atoms with Gasteiger partial charge in [-0.15, -0.1) is 0 Å². The van der Waals surface area contributed by atoms with Crippen LogP contribution in [0.1, 0.15) is 27.7 Å². The van der Waals surface area contributed by atoms with Gasteiger partial charge in [-0.25, -0.2) is 0 Å². The number of hydrogen-bond acceptors (Lipinski definition) is 2. The zero-order valence-corrected chi connectivity index (χ0v) is 15.8. The molecule has 0 radical (unpaired) electrons. The number of ether oxygens (including phenoxy) is 2. The third-order valence-electron chi connectivity index (χ3n) is 5.23. The number of hydrogen-bond donors (Lipinski definition) is 0. The summed E-state index contributed by atoms with van der Waals surface area (Å²) in [6.07, 6.45) is 9.39. The standard InChI is InChI=1S/C20H24O2Si/c1-11-7-17-15(9-13(3)21-17)19(11)23(5,6)20-12(2)8-18-16(20)10-14(4)22-18/h7-10,13-14H,1-6H3. The number of allylic oxidation sites excluding steroid dienone is 6. The average Bonchev–Trinajstić information content (AvgIpc) is 3.06. The lowest BCUT2D eigenvalue weighted by molar-refractivity contribution is 0.197. The molecule has 0 saturated carbocycles. The summed E-state index contributed by atoms with van der Waals surface area (Å²) in [5.41, 5.74) is 5.42. The Morgan fingerprint density at radius 3 is 1.57 bits per heavy atom. The molecule has 23 heavy (non-hydrogen) atoms. The van der Waals surface area contributed by atoms with Crippen LogP contribution >= 0.6 is 0 Å². The van der Waals surface area contributed by atoms with Gasteiger partial charge in [0.05, 0.1) is 0 Å². The molecule has 0 amide bonds. The van der Waals surface area contributed by atoms with Gasteiger partial charge in [-0.3, -0.25) is 0 Å². The summed E-state index contributed by atoms with van der Waals surface area (Å²) in [5, 5.41) is 3.06. The van der Waals surface area contributed by atoms with E-state index in [0.29, 0.717) is 0 Å². The van der Waals surface area contributed by atoms with E-state index in [0.717, 1.165) is 11.5 Å². The molecule has 0 saturated heterocycles. The van der Waals surface area contributed by atoms with Gasteiger partial charge in [0.15, 0.2) is 0 Å². The lowest BCUT2D eigenvalue weighted by Crippen LogP contribution is -2.34. The van der Waals surface area contributed by atoms with Crippen LogP contribution < -0.4 is 0 Å². The minimum absolute atomic E-state index is 0.186. The van der Waals surface area contributed by atoms with Crippen molar-refractivity contribution in [3.63, 3.8) is 0 Å². The van der Waals surface area contributed by atoms with Crippen molar-refractivity contribution in [2.75, 3.05) is 0 Å². The van der Waals surface area contributed by atoms with E-state index in [1.165, 1.54) is 32.7 Å². The van der Waals surface area contributed by atoms with E-state index in [1.54, 1.807) is 0 Å². The largest absolute Gasteiger partial charge is 0.486 e. The summed E-state index contributed by atoms with van der Waals surface area (Å²) in [6, 6.07) is 0. The SMILES string of the molecule is CC1=C([Si](C)(C)C2=C(C)C=C3OC(C)C=C32)C2=CC(C)OC2=C1.